The lowest BCUT2D eigenvalue weighted by Crippen LogP contribution is -2.23. The molecule has 0 saturated carbocycles. The first-order chi connectivity index (χ1) is 9.40. The normalized spacial score (nSPS) is 13.2. The van der Waals surface area contributed by atoms with Crippen LogP contribution in [-0.4, -0.2) is 37.8 Å². The molecule has 0 amide bonds. The number of ether oxygens (including phenoxy) is 2. The largest absolute Gasteiger partial charge is 0.573 e. The molecule has 0 saturated heterocycles. The van der Waals surface area contributed by atoms with Crippen molar-refractivity contribution in [2.45, 2.75) is 25.4 Å². The van der Waals surface area contributed by atoms with Gasteiger partial charge in [0.25, 0.3) is 0 Å². The van der Waals surface area contributed by atoms with E-state index < -0.39 is 12.5 Å². The molecule has 0 radical (unpaired) electrons. The van der Waals surface area contributed by atoms with E-state index in [2.05, 4.69) is 10.1 Å². The Morgan fingerprint density at radius 2 is 1.90 bits per heavy atom. The Bertz CT molecular complexity index is 381. The monoisotopic (exact) mass is 293 g/mol. The fraction of sp³-hybridized carbons (Fsp3) is 0.538. The van der Waals surface area contributed by atoms with Crippen LogP contribution in [0.25, 0.3) is 0 Å². The molecule has 1 aromatic carbocycles. The van der Waals surface area contributed by atoms with Crippen LogP contribution in [0.5, 0.6) is 5.75 Å². The lowest BCUT2D eigenvalue weighted by molar-refractivity contribution is -0.274. The zero-order valence-electron chi connectivity index (χ0n) is 11.1. The molecule has 0 fully saturated rings. The minimum absolute atomic E-state index is 0.239. The van der Waals surface area contributed by atoms with Gasteiger partial charge in [-0.2, -0.15) is 0 Å². The maximum atomic E-state index is 12.0. The van der Waals surface area contributed by atoms with Gasteiger partial charge >= 0.3 is 6.36 Å². The van der Waals surface area contributed by atoms with Crippen LogP contribution in [-0.2, 0) is 11.3 Å². The Kier molecular flexibility index (Phi) is 6.77. The van der Waals surface area contributed by atoms with Crippen LogP contribution in [0, 0.1) is 0 Å². The van der Waals surface area contributed by atoms with Gasteiger partial charge in [0, 0.05) is 13.7 Å². The van der Waals surface area contributed by atoms with Crippen molar-refractivity contribution in [3.05, 3.63) is 29.8 Å². The number of benzene rings is 1. The van der Waals surface area contributed by atoms with E-state index in [1.807, 2.05) is 0 Å². The smallest absolute Gasteiger partial charge is 0.406 e. The number of rotatable bonds is 8. The lowest BCUT2D eigenvalue weighted by atomic mass is 10.2. The van der Waals surface area contributed by atoms with E-state index in [4.69, 9.17) is 4.74 Å². The molecular weight excluding hydrogens is 275 g/mol. The van der Waals surface area contributed by atoms with Crippen LogP contribution < -0.4 is 10.1 Å². The second kappa shape index (κ2) is 8.08. The van der Waals surface area contributed by atoms with Gasteiger partial charge in [0.15, 0.2) is 0 Å². The first kappa shape index (κ1) is 16.7. The number of aliphatic hydroxyl groups excluding tert-OH is 1. The first-order valence-corrected chi connectivity index (χ1v) is 6.13. The van der Waals surface area contributed by atoms with Gasteiger partial charge in [0.2, 0.25) is 0 Å². The van der Waals surface area contributed by atoms with Crippen molar-refractivity contribution in [3.8, 4) is 5.75 Å². The van der Waals surface area contributed by atoms with Gasteiger partial charge in [0.1, 0.15) is 5.75 Å². The Morgan fingerprint density at radius 3 is 2.45 bits per heavy atom. The molecule has 0 aliphatic carbocycles. The summed E-state index contributed by atoms with van der Waals surface area (Å²) >= 11 is 0. The molecule has 2 N–H and O–H groups in total. The number of hydrogen-bond acceptors (Lipinski definition) is 4. The van der Waals surface area contributed by atoms with Crippen molar-refractivity contribution in [2.24, 2.45) is 0 Å². The highest BCUT2D eigenvalue weighted by atomic mass is 19.4. The average Bonchev–Trinajstić information content (AvgIpc) is 2.35. The highest BCUT2D eigenvalue weighted by Gasteiger charge is 2.30. The van der Waals surface area contributed by atoms with E-state index in [1.165, 1.54) is 19.2 Å². The number of nitrogens with one attached hydrogen (secondary N) is 1. The van der Waals surface area contributed by atoms with Gasteiger partial charge < -0.3 is 19.9 Å². The number of hydrogen-bond donors (Lipinski definition) is 2. The summed E-state index contributed by atoms with van der Waals surface area (Å²) in [6, 6.07) is 5.65. The number of alkyl halides is 3. The van der Waals surface area contributed by atoms with E-state index in [0.29, 0.717) is 19.5 Å². The van der Waals surface area contributed by atoms with E-state index in [9.17, 15) is 18.3 Å². The van der Waals surface area contributed by atoms with Crippen molar-refractivity contribution in [2.75, 3.05) is 20.3 Å². The van der Waals surface area contributed by atoms with Crippen molar-refractivity contribution in [1.29, 1.82) is 0 Å². The summed E-state index contributed by atoms with van der Waals surface area (Å²) in [6.07, 6.45) is -4.64. The van der Waals surface area contributed by atoms with Crippen molar-refractivity contribution < 1.29 is 27.8 Å². The molecule has 1 aromatic rings. The lowest BCUT2D eigenvalue weighted by Gasteiger charge is -2.11. The summed E-state index contributed by atoms with van der Waals surface area (Å²) in [6.45, 7) is 1.38. The first-order valence-electron chi connectivity index (χ1n) is 6.13. The summed E-state index contributed by atoms with van der Waals surface area (Å²) in [5, 5.41) is 12.5. The highest BCUT2D eigenvalue weighted by molar-refractivity contribution is 5.27. The summed E-state index contributed by atoms with van der Waals surface area (Å²) < 4.78 is 44.4. The van der Waals surface area contributed by atoms with Gasteiger partial charge in [-0.1, -0.05) is 12.1 Å². The third-order valence-corrected chi connectivity index (χ3v) is 2.50. The SMILES string of the molecule is COCC(O)CCNCc1ccc(OC(F)(F)F)cc1. The molecule has 20 heavy (non-hydrogen) atoms. The minimum Gasteiger partial charge on any atom is -0.406 e. The molecule has 0 bridgehead atoms. The fourth-order valence-corrected chi connectivity index (χ4v) is 1.59. The highest BCUT2D eigenvalue weighted by Crippen LogP contribution is 2.22. The maximum Gasteiger partial charge on any atom is 0.573 e. The fourth-order valence-electron chi connectivity index (χ4n) is 1.59. The van der Waals surface area contributed by atoms with Gasteiger partial charge in [-0.05, 0) is 30.7 Å². The Hall–Kier alpha value is -1.31. The van der Waals surface area contributed by atoms with E-state index in [-0.39, 0.29) is 12.4 Å². The molecule has 1 unspecified atom stereocenters. The molecule has 114 valence electrons. The van der Waals surface area contributed by atoms with Crippen molar-refractivity contribution in [1.82, 2.24) is 5.32 Å². The molecule has 1 rings (SSSR count). The third kappa shape index (κ3) is 7.32. The quantitative estimate of drug-likeness (QED) is 0.721. The number of aliphatic hydroxyl groups is 1. The zero-order valence-corrected chi connectivity index (χ0v) is 11.1. The molecule has 0 spiro atoms. The van der Waals surface area contributed by atoms with Crippen molar-refractivity contribution in [3.63, 3.8) is 0 Å². The third-order valence-electron chi connectivity index (χ3n) is 2.50. The topological polar surface area (TPSA) is 50.7 Å². The van der Waals surface area contributed by atoms with E-state index in [0.717, 1.165) is 5.56 Å². The second-order valence-corrected chi connectivity index (χ2v) is 4.27. The Morgan fingerprint density at radius 1 is 1.25 bits per heavy atom. The van der Waals surface area contributed by atoms with Crippen LogP contribution in [0.3, 0.4) is 0 Å². The Balaban J connectivity index is 2.28. The number of halogens is 3. The van der Waals surface area contributed by atoms with Crippen molar-refractivity contribution >= 4 is 0 Å². The molecular formula is C13H18F3NO3. The van der Waals surface area contributed by atoms with Crippen LogP contribution in [0.1, 0.15) is 12.0 Å². The minimum atomic E-state index is -4.67. The van der Waals surface area contributed by atoms with Crippen LogP contribution in [0.4, 0.5) is 13.2 Å². The predicted octanol–water partition coefficient (Wildman–Crippen LogP) is 2.07. The predicted molar refractivity (Wildman–Crippen MR) is 67.3 cm³/mol. The van der Waals surface area contributed by atoms with Gasteiger partial charge in [-0.3, -0.25) is 0 Å². The zero-order chi connectivity index (χ0) is 15.0. The summed E-state index contributed by atoms with van der Waals surface area (Å²) in [5.41, 5.74) is 0.834. The van der Waals surface area contributed by atoms with Gasteiger partial charge in [0.05, 0.1) is 12.7 Å². The Labute approximate surface area is 115 Å². The van der Waals surface area contributed by atoms with Crippen LogP contribution in [0.2, 0.25) is 0 Å². The standard InChI is InChI=1S/C13H18F3NO3/c1-19-9-11(18)6-7-17-8-10-2-4-12(5-3-10)20-13(14,15)16/h2-5,11,17-18H,6-9H2,1H3. The molecule has 0 aliphatic heterocycles. The summed E-state index contributed by atoms with van der Waals surface area (Å²) in [4.78, 5) is 0. The number of methoxy groups -OCH3 is 1. The second-order valence-electron chi connectivity index (χ2n) is 4.27. The summed E-state index contributed by atoms with van der Waals surface area (Å²) in [7, 11) is 1.52. The van der Waals surface area contributed by atoms with Crippen LogP contribution >= 0.6 is 0 Å². The van der Waals surface area contributed by atoms with E-state index >= 15 is 0 Å². The molecule has 0 aliphatic rings. The molecule has 7 heteroatoms. The maximum absolute atomic E-state index is 12.0. The molecule has 4 nitrogen and oxygen atoms in total. The van der Waals surface area contributed by atoms with Gasteiger partial charge in [-0.15, -0.1) is 13.2 Å². The average molecular weight is 293 g/mol. The molecule has 1 atom stereocenters. The van der Waals surface area contributed by atoms with Crippen LogP contribution in [0.15, 0.2) is 24.3 Å². The summed E-state index contributed by atoms with van der Waals surface area (Å²) in [5.74, 6) is -0.239. The molecule has 0 heterocycles. The van der Waals surface area contributed by atoms with E-state index in [1.54, 1.807) is 12.1 Å². The molecule has 0 aromatic heterocycles. The van der Waals surface area contributed by atoms with Gasteiger partial charge in [-0.25, -0.2) is 0 Å².